The summed E-state index contributed by atoms with van der Waals surface area (Å²) in [6.45, 7) is 7.06. The van der Waals surface area contributed by atoms with Gasteiger partial charge in [-0.2, -0.15) is 0 Å². The van der Waals surface area contributed by atoms with Crippen LogP contribution in [0.3, 0.4) is 0 Å². The van der Waals surface area contributed by atoms with Crippen LogP contribution in [0.2, 0.25) is 0 Å². The molecule has 2 unspecified atom stereocenters. The maximum absolute atomic E-state index is 6.30. The van der Waals surface area contributed by atoms with E-state index >= 15 is 0 Å². The van der Waals surface area contributed by atoms with Crippen molar-refractivity contribution >= 4 is 0 Å². The minimum absolute atomic E-state index is 0.0725. The molecule has 0 amide bonds. The molecule has 0 fully saturated rings. The van der Waals surface area contributed by atoms with Gasteiger partial charge in [0.2, 0.25) is 0 Å². The van der Waals surface area contributed by atoms with Crippen molar-refractivity contribution in [2.24, 2.45) is 11.7 Å². The van der Waals surface area contributed by atoms with Crippen molar-refractivity contribution in [3.8, 4) is 12.3 Å². The summed E-state index contributed by atoms with van der Waals surface area (Å²) >= 11 is 0. The highest BCUT2D eigenvalue weighted by Gasteiger charge is 2.17. The molecule has 0 aliphatic rings. The van der Waals surface area contributed by atoms with E-state index in [4.69, 9.17) is 12.2 Å². The molecule has 1 aromatic rings. The summed E-state index contributed by atoms with van der Waals surface area (Å²) in [5.74, 6) is 3.12. The van der Waals surface area contributed by atoms with Gasteiger partial charge in [-0.25, -0.2) is 0 Å². The largest absolute Gasteiger partial charge is 0.324 e. The van der Waals surface area contributed by atoms with E-state index in [2.05, 4.69) is 36.8 Å². The van der Waals surface area contributed by atoms with Crippen LogP contribution in [0.4, 0.5) is 0 Å². The highest BCUT2D eigenvalue weighted by molar-refractivity contribution is 5.19. The maximum Gasteiger partial charge on any atom is 0.0599 e. The van der Waals surface area contributed by atoms with Crippen molar-refractivity contribution in [2.45, 2.75) is 26.3 Å². The highest BCUT2D eigenvalue weighted by atomic mass is 15.1. The predicted molar refractivity (Wildman–Crippen MR) is 78.1 cm³/mol. The van der Waals surface area contributed by atoms with Crippen LogP contribution in [0.5, 0.6) is 0 Å². The molecule has 2 heteroatoms. The number of terminal acetylenes is 1. The van der Waals surface area contributed by atoms with Gasteiger partial charge in [0, 0.05) is 12.6 Å². The van der Waals surface area contributed by atoms with Crippen LogP contribution in [0.1, 0.15) is 31.9 Å². The number of hydrogen-bond donors (Lipinski definition) is 1. The van der Waals surface area contributed by atoms with Crippen LogP contribution in [0, 0.1) is 18.3 Å². The lowest BCUT2D eigenvalue weighted by Gasteiger charge is -2.27. The van der Waals surface area contributed by atoms with Crippen LogP contribution in [0.25, 0.3) is 0 Å². The smallest absolute Gasteiger partial charge is 0.0599 e. The molecular weight excluding hydrogens is 220 g/mol. The molecular formula is C16H24N2. The van der Waals surface area contributed by atoms with Gasteiger partial charge in [0.25, 0.3) is 0 Å². The van der Waals surface area contributed by atoms with Crippen molar-refractivity contribution in [1.29, 1.82) is 0 Å². The lowest BCUT2D eigenvalue weighted by molar-refractivity contribution is 0.246. The second kappa shape index (κ2) is 7.92. The Balaban J connectivity index is 2.58. The number of hydrogen-bond acceptors (Lipinski definition) is 2. The Labute approximate surface area is 111 Å². The molecule has 2 N–H and O–H groups in total. The summed E-state index contributed by atoms with van der Waals surface area (Å²) in [7, 11) is 0. The standard InChI is InChI=1S/C16H24N2/c1-4-11-18(12-5-2)13-14(3)16(17)15-9-7-6-8-10-15/h1,6-10,14,16H,5,11-13,17H2,2-3H3. The van der Waals surface area contributed by atoms with Crippen LogP contribution in [-0.2, 0) is 0 Å². The summed E-state index contributed by atoms with van der Waals surface area (Å²) in [5, 5.41) is 0. The minimum Gasteiger partial charge on any atom is -0.324 e. The number of benzene rings is 1. The first-order chi connectivity index (χ1) is 8.69. The van der Waals surface area contributed by atoms with E-state index in [1.54, 1.807) is 0 Å². The quantitative estimate of drug-likeness (QED) is 0.747. The Kier molecular flexibility index (Phi) is 6.49. The van der Waals surface area contributed by atoms with Crippen LogP contribution >= 0.6 is 0 Å². The number of rotatable bonds is 7. The van der Waals surface area contributed by atoms with Crippen molar-refractivity contribution in [3.05, 3.63) is 35.9 Å². The van der Waals surface area contributed by atoms with Gasteiger partial charge in [-0.1, -0.05) is 50.1 Å². The van der Waals surface area contributed by atoms with Gasteiger partial charge in [0.05, 0.1) is 6.54 Å². The normalized spacial score (nSPS) is 14.2. The molecule has 0 heterocycles. The summed E-state index contributed by atoms with van der Waals surface area (Å²) in [6, 6.07) is 10.3. The molecule has 2 atom stereocenters. The van der Waals surface area contributed by atoms with Gasteiger partial charge in [0.1, 0.15) is 0 Å². The van der Waals surface area contributed by atoms with E-state index in [0.717, 1.165) is 19.5 Å². The molecule has 0 saturated carbocycles. The van der Waals surface area contributed by atoms with Gasteiger partial charge in [-0.15, -0.1) is 6.42 Å². The molecule has 0 spiro atoms. The second-order valence-corrected chi connectivity index (χ2v) is 4.85. The summed E-state index contributed by atoms with van der Waals surface area (Å²) in [5.41, 5.74) is 7.50. The van der Waals surface area contributed by atoms with E-state index < -0.39 is 0 Å². The van der Waals surface area contributed by atoms with Crippen LogP contribution < -0.4 is 5.73 Å². The molecule has 0 saturated heterocycles. The molecule has 0 radical (unpaired) electrons. The van der Waals surface area contributed by atoms with Crippen molar-refractivity contribution < 1.29 is 0 Å². The Morgan fingerprint density at radius 1 is 1.33 bits per heavy atom. The zero-order valence-corrected chi connectivity index (χ0v) is 11.5. The average molecular weight is 244 g/mol. The fraction of sp³-hybridized carbons (Fsp3) is 0.500. The Morgan fingerprint density at radius 2 is 2.00 bits per heavy atom. The fourth-order valence-electron chi connectivity index (χ4n) is 2.20. The van der Waals surface area contributed by atoms with E-state index in [-0.39, 0.29) is 6.04 Å². The van der Waals surface area contributed by atoms with Gasteiger partial charge in [-0.05, 0) is 24.4 Å². The van der Waals surface area contributed by atoms with E-state index in [1.165, 1.54) is 5.56 Å². The van der Waals surface area contributed by atoms with E-state index in [1.807, 2.05) is 18.2 Å². The average Bonchev–Trinajstić information content (AvgIpc) is 2.39. The topological polar surface area (TPSA) is 29.3 Å². The third kappa shape index (κ3) is 4.52. The lowest BCUT2D eigenvalue weighted by Crippen LogP contribution is -2.34. The molecule has 2 nitrogen and oxygen atoms in total. The van der Waals surface area contributed by atoms with E-state index in [9.17, 15) is 0 Å². The fourth-order valence-corrected chi connectivity index (χ4v) is 2.20. The zero-order valence-electron chi connectivity index (χ0n) is 11.5. The molecule has 98 valence electrons. The van der Waals surface area contributed by atoms with Crippen LogP contribution in [0.15, 0.2) is 30.3 Å². The first-order valence-electron chi connectivity index (χ1n) is 6.65. The predicted octanol–water partition coefficient (Wildman–Crippen LogP) is 2.67. The first kappa shape index (κ1) is 14.8. The summed E-state index contributed by atoms with van der Waals surface area (Å²) < 4.78 is 0. The first-order valence-corrected chi connectivity index (χ1v) is 6.65. The zero-order chi connectivity index (χ0) is 13.4. The molecule has 18 heavy (non-hydrogen) atoms. The van der Waals surface area contributed by atoms with E-state index in [0.29, 0.717) is 12.5 Å². The molecule has 1 rings (SSSR count). The molecule has 0 aliphatic heterocycles. The second-order valence-electron chi connectivity index (χ2n) is 4.85. The van der Waals surface area contributed by atoms with Crippen LogP contribution in [-0.4, -0.2) is 24.5 Å². The molecule has 1 aromatic carbocycles. The van der Waals surface area contributed by atoms with Gasteiger partial charge >= 0.3 is 0 Å². The van der Waals surface area contributed by atoms with Gasteiger partial charge < -0.3 is 5.73 Å². The molecule has 0 aliphatic carbocycles. The summed E-state index contributed by atoms with van der Waals surface area (Å²) in [6.07, 6.45) is 6.52. The third-order valence-corrected chi connectivity index (χ3v) is 3.20. The SMILES string of the molecule is C#CCN(CCC)CC(C)C(N)c1ccccc1. The lowest BCUT2D eigenvalue weighted by atomic mass is 9.95. The minimum atomic E-state index is 0.0725. The van der Waals surface area contributed by atoms with Crippen molar-refractivity contribution in [1.82, 2.24) is 4.90 Å². The number of nitrogens with zero attached hydrogens (tertiary/aromatic N) is 1. The summed E-state index contributed by atoms with van der Waals surface area (Å²) in [4.78, 5) is 2.30. The van der Waals surface area contributed by atoms with Gasteiger partial charge in [0.15, 0.2) is 0 Å². The number of nitrogens with two attached hydrogens (primary N) is 1. The Bertz CT molecular complexity index is 366. The van der Waals surface area contributed by atoms with Crippen molar-refractivity contribution in [3.63, 3.8) is 0 Å². The molecule has 0 aromatic heterocycles. The molecule has 0 bridgehead atoms. The third-order valence-electron chi connectivity index (χ3n) is 3.20. The Hall–Kier alpha value is -1.30. The Morgan fingerprint density at radius 3 is 2.56 bits per heavy atom. The van der Waals surface area contributed by atoms with Gasteiger partial charge in [-0.3, -0.25) is 4.90 Å². The monoisotopic (exact) mass is 244 g/mol. The van der Waals surface area contributed by atoms with Crippen molar-refractivity contribution in [2.75, 3.05) is 19.6 Å². The maximum atomic E-state index is 6.30. The highest BCUT2D eigenvalue weighted by Crippen LogP contribution is 2.19.